The quantitative estimate of drug-likeness (QED) is 0.194. The van der Waals surface area contributed by atoms with Crippen molar-refractivity contribution in [1.82, 2.24) is 0 Å². The maximum absolute atomic E-state index is 4.25. The summed E-state index contributed by atoms with van der Waals surface area (Å²) in [5.74, 6) is 0. The van der Waals surface area contributed by atoms with E-state index in [2.05, 4.69) is 153 Å². The molecule has 0 bridgehead atoms. The van der Waals surface area contributed by atoms with Crippen LogP contribution in [0, 0.1) is 0 Å². The normalized spacial score (nSPS) is 12.7. The van der Waals surface area contributed by atoms with E-state index in [0.717, 1.165) is 12.8 Å². The summed E-state index contributed by atoms with van der Waals surface area (Å²) in [6.45, 7) is 0. The molecule has 42 heavy (non-hydrogen) atoms. The number of halogens is 2. The second-order valence-electron chi connectivity index (χ2n) is 11.5. The Hall–Kier alpha value is -3.17. The molecule has 0 saturated carbocycles. The van der Waals surface area contributed by atoms with Crippen LogP contribution in [0.5, 0.6) is 0 Å². The van der Waals surface area contributed by atoms with E-state index in [4.69, 9.17) is 0 Å². The Morgan fingerprint density at radius 3 is 1.17 bits per heavy atom. The van der Waals surface area contributed by atoms with Crippen molar-refractivity contribution in [3.63, 3.8) is 0 Å². The molecule has 4 heteroatoms. The number of rotatable bonds is 4. The van der Waals surface area contributed by atoms with Crippen LogP contribution in [0.25, 0.3) is 22.3 Å². The van der Waals surface area contributed by atoms with Gasteiger partial charge in [-0.25, -0.2) is 0 Å². The monoisotopic (exact) mass is 634 g/mol. The standard InChI is InChI=1S/2C13H9.2C6H5.2ClH.H2Si.Ti/c2*1-3-7-12-10(5-1)9-11-6-2-4-8-13(11)12;2*1-2-4-6-5-3-1;;;;/h2*1-5,7-8H,9H2;2*1-5H;2*1H;1H2;. The van der Waals surface area contributed by atoms with Crippen molar-refractivity contribution in [2.45, 2.75) is 12.8 Å². The first-order valence-electron chi connectivity index (χ1n) is 14.2. The van der Waals surface area contributed by atoms with Gasteiger partial charge in [-0.3, -0.25) is 0 Å². The van der Waals surface area contributed by atoms with Crippen LogP contribution in [-0.2, 0) is 26.9 Å². The predicted octanol–water partition coefficient (Wildman–Crippen LogP) is 6.51. The molecule has 6 aromatic rings. The van der Waals surface area contributed by atoms with Gasteiger partial charge in [0.05, 0.1) is 0 Å². The molecule has 0 nitrogen and oxygen atoms in total. The first kappa shape index (κ1) is 28.9. The van der Waals surface area contributed by atoms with Gasteiger partial charge in [0.15, 0.2) is 0 Å². The number of fused-ring (bicyclic) bond motifs is 6. The van der Waals surface area contributed by atoms with Crippen LogP contribution in [0.2, 0.25) is 0 Å². The molecule has 2 aliphatic rings. The van der Waals surface area contributed by atoms with Gasteiger partial charge in [0, 0.05) is 0 Å². The van der Waals surface area contributed by atoms with Gasteiger partial charge < -0.3 is 0 Å². The Morgan fingerprint density at radius 1 is 0.381 bits per heavy atom. The van der Waals surface area contributed by atoms with Gasteiger partial charge in [-0.05, 0) is 0 Å². The van der Waals surface area contributed by atoms with Crippen LogP contribution >= 0.6 is 24.8 Å². The van der Waals surface area contributed by atoms with Crippen molar-refractivity contribution >= 4 is 47.9 Å². The number of benzene rings is 6. The molecule has 0 radical (unpaired) electrons. The molecule has 0 aromatic heterocycles. The molecule has 0 fully saturated rings. The molecule has 0 amide bonds. The Labute approximate surface area is 263 Å². The summed E-state index contributed by atoms with van der Waals surface area (Å²) in [5.41, 5.74) is 11.6. The average molecular weight is 636 g/mol. The molecule has 0 heterocycles. The Kier molecular flexibility index (Phi) is 7.46. The Balaban J connectivity index is 0.00000158. The van der Waals surface area contributed by atoms with Crippen LogP contribution in [-0.4, -0.2) is 7.63 Å². The molecule has 0 spiro atoms. The predicted molar refractivity (Wildman–Crippen MR) is 184 cm³/mol. The van der Waals surface area contributed by atoms with E-state index >= 15 is 0 Å². The van der Waals surface area contributed by atoms with Gasteiger partial charge in [-0.1, -0.05) is 0 Å². The third-order valence-corrected chi connectivity index (χ3v) is 26.4. The van der Waals surface area contributed by atoms with E-state index < -0.39 is 14.0 Å². The first-order valence-corrected chi connectivity index (χ1v) is 21.4. The zero-order valence-electron chi connectivity index (χ0n) is 23.3. The summed E-state index contributed by atoms with van der Waals surface area (Å²) in [7, 11) is 2.36. The summed E-state index contributed by atoms with van der Waals surface area (Å²) >= 11 is -4.25. The van der Waals surface area contributed by atoms with Gasteiger partial charge in [0.25, 0.3) is 0 Å². The second-order valence-corrected chi connectivity index (χ2v) is 25.4. The number of hydrogen-bond donors (Lipinski definition) is 0. The molecular weight excluding hydrogens is 603 g/mol. The fourth-order valence-electron chi connectivity index (χ4n) is 7.89. The molecule has 6 aromatic carbocycles. The average Bonchev–Trinajstić information content (AvgIpc) is 3.60. The van der Waals surface area contributed by atoms with Gasteiger partial charge in [0.1, 0.15) is 0 Å². The first-order chi connectivity index (χ1) is 19.7. The van der Waals surface area contributed by atoms with Crippen molar-refractivity contribution in [2.75, 3.05) is 0 Å². The van der Waals surface area contributed by atoms with Crippen LogP contribution in [0.1, 0.15) is 22.3 Å². The second kappa shape index (κ2) is 10.8. The zero-order chi connectivity index (χ0) is 26.8. The van der Waals surface area contributed by atoms with Gasteiger partial charge in [0.2, 0.25) is 0 Å². The Bertz CT molecular complexity index is 1870. The van der Waals surface area contributed by atoms with Gasteiger partial charge >= 0.3 is 240 Å². The van der Waals surface area contributed by atoms with Gasteiger partial charge in [-0.15, -0.1) is 24.8 Å². The molecule has 0 saturated heterocycles. The molecule has 8 rings (SSSR count). The van der Waals surface area contributed by atoms with Crippen molar-refractivity contribution in [3.8, 4) is 22.3 Å². The third-order valence-electron chi connectivity index (χ3n) is 9.71. The SMILES string of the molecule is Cl.Cl.[SiH2]=[Ti]([c]1ccccc1)([c]1ccccc1)([c]1cccc2c1Cc1ccccc1-2)[c]1cccc2c1Cc1ccccc1-2. The minimum atomic E-state index is -4.25. The molecular formula is C38H32Cl2SiTi. The van der Waals surface area contributed by atoms with Crippen molar-refractivity contribution < 1.29 is 14.0 Å². The summed E-state index contributed by atoms with van der Waals surface area (Å²) in [4.78, 5) is 0. The van der Waals surface area contributed by atoms with E-state index in [1.807, 2.05) is 0 Å². The van der Waals surface area contributed by atoms with E-state index in [-0.39, 0.29) is 24.8 Å². The Morgan fingerprint density at radius 2 is 0.738 bits per heavy atom. The molecule has 0 N–H and O–H groups in total. The van der Waals surface area contributed by atoms with Crippen molar-refractivity contribution in [1.29, 1.82) is 0 Å². The molecule has 0 unspecified atom stereocenters. The maximum atomic E-state index is 2.50. The topological polar surface area (TPSA) is 0 Å². The van der Waals surface area contributed by atoms with Crippen molar-refractivity contribution in [2.24, 2.45) is 0 Å². The van der Waals surface area contributed by atoms with Crippen molar-refractivity contribution in [3.05, 3.63) is 168 Å². The molecule has 0 atom stereocenters. The number of hydrogen-bond acceptors (Lipinski definition) is 0. The molecule has 206 valence electrons. The van der Waals surface area contributed by atoms with Crippen LogP contribution in [0.4, 0.5) is 0 Å². The summed E-state index contributed by atoms with van der Waals surface area (Å²) in [5, 5.41) is 0. The zero-order valence-corrected chi connectivity index (χ0v) is 27.9. The fraction of sp³-hybridized carbons (Fsp3) is 0.0526. The van der Waals surface area contributed by atoms with E-state index in [0.29, 0.717) is 0 Å². The van der Waals surface area contributed by atoms with E-state index in [1.54, 1.807) is 7.74 Å². The van der Waals surface area contributed by atoms with Crippen LogP contribution < -0.4 is 15.5 Å². The summed E-state index contributed by atoms with van der Waals surface area (Å²) < 4.78 is 6.15. The van der Waals surface area contributed by atoms with Gasteiger partial charge in [-0.2, -0.15) is 0 Å². The third kappa shape index (κ3) is 3.85. The molecule has 2 aliphatic carbocycles. The minimum absolute atomic E-state index is 0. The molecule has 0 aliphatic heterocycles. The summed E-state index contributed by atoms with van der Waals surface area (Å²) in [6.07, 6.45) is 1.99. The summed E-state index contributed by atoms with van der Waals surface area (Å²) in [6, 6.07) is 55.5. The van der Waals surface area contributed by atoms with E-state index in [9.17, 15) is 0 Å². The van der Waals surface area contributed by atoms with E-state index in [1.165, 1.54) is 52.2 Å². The van der Waals surface area contributed by atoms with Crippen LogP contribution in [0.3, 0.4) is 0 Å². The fourth-order valence-corrected chi connectivity index (χ4v) is 22.6. The van der Waals surface area contributed by atoms with Crippen LogP contribution in [0.15, 0.2) is 146 Å².